The van der Waals surface area contributed by atoms with Crippen LogP contribution in [-0.2, 0) is 0 Å². The number of ether oxygens (including phenoxy) is 1. The first-order chi connectivity index (χ1) is 13.7. The highest BCUT2D eigenvalue weighted by atomic mass is 16.6. The predicted octanol–water partition coefficient (Wildman–Crippen LogP) is 3.10. The molecule has 0 saturated carbocycles. The van der Waals surface area contributed by atoms with Crippen LogP contribution in [0.25, 0.3) is 22.5 Å². The van der Waals surface area contributed by atoms with Crippen LogP contribution in [0.2, 0.25) is 0 Å². The topological polar surface area (TPSA) is 78.7 Å². The Morgan fingerprint density at radius 3 is 2.11 bits per heavy atom. The Balaban J connectivity index is 1.73. The quantitative estimate of drug-likeness (QED) is 0.665. The van der Waals surface area contributed by atoms with E-state index in [1.165, 1.54) is 0 Å². The van der Waals surface area contributed by atoms with Gasteiger partial charge >= 0.3 is 0 Å². The van der Waals surface area contributed by atoms with Gasteiger partial charge in [0.15, 0.2) is 6.79 Å². The van der Waals surface area contributed by atoms with Crippen LogP contribution in [0.5, 0.6) is 5.75 Å². The zero-order valence-electron chi connectivity index (χ0n) is 15.5. The average molecular weight is 377 g/mol. The van der Waals surface area contributed by atoms with Crippen LogP contribution >= 0.6 is 0 Å². The van der Waals surface area contributed by atoms with Crippen molar-refractivity contribution in [3.63, 3.8) is 0 Å². The summed E-state index contributed by atoms with van der Waals surface area (Å²) < 4.78 is 5.11. The number of anilines is 1. The fraction of sp³-hybridized carbons (Fsp3) is 0.273. The summed E-state index contributed by atoms with van der Waals surface area (Å²) in [6, 6.07) is 19.5. The molecule has 28 heavy (non-hydrogen) atoms. The van der Waals surface area contributed by atoms with E-state index in [-0.39, 0.29) is 12.9 Å². The van der Waals surface area contributed by atoms with E-state index in [0.29, 0.717) is 11.7 Å². The molecule has 1 aromatic heterocycles. The molecule has 0 bridgehead atoms. The zero-order chi connectivity index (χ0) is 19.3. The maximum absolute atomic E-state index is 9.81. The van der Waals surface area contributed by atoms with Crippen molar-refractivity contribution in [2.24, 2.45) is 0 Å². The van der Waals surface area contributed by atoms with Crippen LogP contribution in [-0.4, -0.2) is 46.2 Å². The van der Waals surface area contributed by atoms with Gasteiger partial charge in [0, 0.05) is 24.2 Å². The Labute approximate surface area is 164 Å². The van der Waals surface area contributed by atoms with Crippen LogP contribution in [0.4, 0.5) is 5.95 Å². The van der Waals surface area contributed by atoms with Gasteiger partial charge in [0.25, 0.3) is 0 Å². The summed E-state index contributed by atoms with van der Waals surface area (Å²) in [4.78, 5) is 11.7. The number of hydrogen-bond donors (Lipinski definition) is 2. The molecule has 1 saturated heterocycles. The van der Waals surface area contributed by atoms with Gasteiger partial charge in [-0.15, -0.1) is 0 Å². The molecule has 0 atom stereocenters. The first kappa shape index (κ1) is 18.4. The van der Waals surface area contributed by atoms with Gasteiger partial charge in [0.1, 0.15) is 5.75 Å². The summed E-state index contributed by atoms with van der Waals surface area (Å²) in [5.41, 5.74) is 3.67. The lowest BCUT2D eigenvalue weighted by molar-refractivity contribution is 0.0985. The van der Waals surface area contributed by atoms with Gasteiger partial charge < -0.3 is 19.8 Å². The summed E-state index contributed by atoms with van der Waals surface area (Å²) in [6.07, 6.45) is 1.20. The van der Waals surface area contributed by atoms with Crippen LogP contribution in [0.3, 0.4) is 0 Å². The molecule has 3 aromatic rings. The van der Waals surface area contributed by atoms with Gasteiger partial charge in [0.05, 0.1) is 17.5 Å². The van der Waals surface area contributed by atoms with Crippen molar-refractivity contribution in [1.82, 2.24) is 9.97 Å². The molecular formula is C22H23N3O3. The predicted molar refractivity (Wildman–Crippen MR) is 108 cm³/mol. The van der Waals surface area contributed by atoms with Crippen LogP contribution in [0, 0.1) is 0 Å². The molecule has 6 nitrogen and oxygen atoms in total. The van der Waals surface area contributed by atoms with Crippen molar-refractivity contribution in [3.05, 3.63) is 60.7 Å². The van der Waals surface area contributed by atoms with Crippen molar-refractivity contribution < 1.29 is 14.9 Å². The van der Waals surface area contributed by atoms with Crippen molar-refractivity contribution in [1.29, 1.82) is 0 Å². The molecule has 0 unspecified atom stereocenters. The van der Waals surface area contributed by atoms with Crippen molar-refractivity contribution in [3.8, 4) is 28.3 Å². The van der Waals surface area contributed by atoms with E-state index in [2.05, 4.69) is 4.90 Å². The summed E-state index contributed by atoms with van der Waals surface area (Å²) in [6.45, 7) is 1.13. The molecule has 1 aliphatic rings. The summed E-state index contributed by atoms with van der Waals surface area (Å²) in [7, 11) is 0. The second-order valence-electron chi connectivity index (χ2n) is 6.82. The lowest BCUT2D eigenvalue weighted by Crippen LogP contribution is -2.37. The van der Waals surface area contributed by atoms with Crippen LogP contribution in [0.1, 0.15) is 12.8 Å². The Morgan fingerprint density at radius 1 is 0.893 bits per heavy atom. The third-order valence-electron chi connectivity index (χ3n) is 4.91. The number of nitrogens with zero attached hydrogens (tertiary/aromatic N) is 3. The fourth-order valence-corrected chi connectivity index (χ4v) is 3.34. The largest absolute Gasteiger partial charge is 0.468 e. The van der Waals surface area contributed by atoms with E-state index in [4.69, 9.17) is 19.8 Å². The third kappa shape index (κ3) is 4.13. The molecule has 2 heterocycles. The Kier molecular flexibility index (Phi) is 5.50. The molecule has 4 rings (SSSR count). The number of rotatable bonds is 5. The van der Waals surface area contributed by atoms with E-state index >= 15 is 0 Å². The Morgan fingerprint density at radius 2 is 1.50 bits per heavy atom. The van der Waals surface area contributed by atoms with Gasteiger partial charge in [0.2, 0.25) is 5.95 Å². The molecule has 2 aromatic carbocycles. The lowest BCUT2D eigenvalue weighted by Gasteiger charge is -2.30. The molecule has 0 amide bonds. The van der Waals surface area contributed by atoms with E-state index in [1.807, 2.05) is 60.7 Å². The van der Waals surface area contributed by atoms with Gasteiger partial charge in [-0.3, -0.25) is 0 Å². The molecule has 144 valence electrons. The third-order valence-corrected chi connectivity index (χ3v) is 4.91. The highest BCUT2D eigenvalue weighted by Gasteiger charge is 2.20. The zero-order valence-corrected chi connectivity index (χ0v) is 15.5. The second-order valence-corrected chi connectivity index (χ2v) is 6.82. The van der Waals surface area contributed by atoms with Crippen LogP contribution in [0.15, 0.2) is 60.7 Å². The Hall–Kier alpha value is -2.96. The lowest BCUT2D eigenvalue weighted by atomic mass is 10.1. The van der Waals surface area contributed by atoms with Gasteiger partial charge in [-0.05, 0) is 43.2 Å². The Bertz CT molecular complexity index is 908. The minimum Gasteiger partial charge on any atom is -0.468 e. The number of aromatic nitrogens is 2. The fourth-order valence-electron chi connectivity index (χ4n) is 3.34. The summed E-state index contributed by atoms with van der Waals surface area (Å²) >= 11 is 0. The monoisotopic (exact) mass is 377 g/mol. The molecule has 6 heteroatoms. The number of aliphatic hydroxyl groups excluding tert-OH is 2. The molecule has 1 aliphatic heterocycles. The number of hydrogen-bond acceptors (Lipinski definition) is 6. The normalized spacial score (nSPS) is 14.9. The smallest absolute Gasteiger partial charge is 0.226 e. The molecule has 0 spiro atoms. The number of benzene rings is 2. The van der Waals surface area contributed by atoms with E-state index in [0.717, 1.165) is 48.4 Å². The average Bonchev–Trinajstić information content (AvgIpc) is 2.75. The highest BCUT2D eigenvalue weighted by Crippen LogP contribution is 2.28. The van der Waals surface area contributed by atoms with Crippen molar-refractivity contribution in [2.45, 2.75) is 18.9 Å². The van der Waals surface area contributed by atoms with Crippen LogP contribution < -0.4 is 9.64 Å². The van der Waals surface area contributed by atoms with E-state index in [9.17, 15) is 5.11 Å². The van der Waals surface area contributed by atoms with Crippen molar-refractivity contribution in [2.75, 3.05) is 24.8 Å². The maximum Gasteiger partial charge on any atom is 0.226 e. The standard InChI is InChI=1S/C22H23N3O3/c26-15-28-19-8-6-17(7-9-19)21-14-20(16-4-2-1-3-5-16)23-22(24-21)25-12-10-18(27)11-13-25/h1-9,14,18,26-27H,10-13,15H2. The second kappa shape index (κ2) is 8.37. The van der Waals surface area contributed by atoms with E-state index in [1.54, 1.807) is 0 Å². The molecule has 0 aliphatic carbocycles. The van der Waals surface area contributed by atoms with Gasteiger partial charge in [-0.1, -0.05) is 30.3 Å². The highest BCUT2D eigenvalue weighted by molar-refractivity contribution is 5.70. The minimum atomic E-state index is -0.351. The molecule has 0 radical (unpaired) electrons. The molecule has 2 N–H and O–H groups in total. The van der Waals surface area contributed by atoms with Crippen molar-refractivity contribution >= 4 is 5.95 Å². The minimum absolute atomic E-state index is 0.243. The number of piperidine rings is 1. The first-order valence-corrected chi connectivity index (χ1v) is 9.44. The summed E-state index contributed by atoms with van der Waals surface area (Å²) in [5, 5.41) is 18.7. The van der Waals surface area contributed by atoms with Gasteiger partial charge in [-0.2, -0.15) is 0 Å². The van der Waals surface area contributed by atoms with E-state index < -0.39 is 0 Å². The SMILES string of the molecule is OCOc1ccc(-c2cc(-c3ccccc3)nc(N3CCC(O)CC3)n2)cc1. The maximum atomic E-state index is 9.81. The summed E-state index contributed by atoms with van der Waals surface area (Å²) in [5.74, 6) is 1.28. The number of aliphatic hydroxyl groups is 2. The molecule has 1 fully saturated rings. The first-order valence-electron chi connectivity index (χ1n) is 9.44. The molecular weight excluding hydrogens is 354 g/mol. The van der Waals surface area contributed by atoms with Gasteiger partial charge in [-0.25, -0.2) is 9.97 Å².